The molecule has 1 rings (SSSR count). The molecule has 0 aliphatic heterocycles. The smallest absolute Gasteiger partial charge is 0.321 e. The number of amides is 3. The van der Waals surface area contributed by atoms with Gasteiger partial charge >= 0.3 is 12.0 Å². The Morgan fingerprint density at radius 2 is 2.00 bits per heavy atom. The monoisotopic (exact) mass is 302 g/mol. The minimum atomic E-state index is -0.941. The molecule has 1 aliphatic carbocycles. The third-order valence-electron chi connectivity index (χ3n) is 3.36. The lowest BCUT2D eigenvalue weighted by molar-refractivity contribution is -0.138. The van der Waals surface area contributed by atoms with Crippen LogP contribution in [0.2, 0.25) is 0 Å². The van der Waals surface area contributed by atoms with Crippen LogP contribution in [0, 0.1) is 5.92 Å². The highest BCUT2D eigenvalue weighted by molar-refractivity contribution is 7.99. The van der Waals surface area contributed by atoms with E-state index in [0.29, 0.717) is 5.25 Å². The number of nitrogens with one attached hydrogen (secondary N) is 2. The van der Waals surface area contributed by atoms with E-state index in [4.69, 9.17) is 5.11 Å². The van der Waals surface area contributed by atoms with Gasteiger partial charge in [0.25, 0.3) is 0 Å². The second kappa shape index (κ2) is 8.14. The Labute approximate surface area is 123 Å². The Bertz CT molecular complexity index is 375. The number of rotatable bonds is 6. The van der Waals surface area contributed by atoms with Crippen LogP contribution >= 0.6 is 11.8 Å². The van der Waals surface area contributed by atoms with Gasteiger partial charge in [-0.15, -0.1) is 0 Å². The molecule has 6 nitrogen and oxygen atoms in total. The lowest BCUT2D eigenvalue weighted by Crippen LogP contribution is -2.44. The molecule has 1 saturated carbocycles. The molecule has 20 heavy (non-hydrogen) atoms. The number of imide groups is 1. The Morgan fingerprint density at radius 1 is 1.30 bits per heavy atom. The molecule has 3 amide bonds. The SMILES string of the molecule is CSC1CCC(NC(=O)NC(=O)CC(C)CC(=O)O)C1. The largest absolute Gasteiger partial charge is 0.481 e. The zero-order chi connectivity index (χ0) is 15.1. The van der Waals surface area contributed by atoms with Gasteiger partial charge in [0.05, 0.1) is 0 Å². The lowest BCUT2D eigenvalue weighted by atomic mass is 10.0. The molecule has 3 N–H and O–H groups in total. The molecule has 0 bridgehead atoms. The van der Waals surface area contributed by atoms with Crippen LogP contribution in [-0.2, 0) is 9.59 Å². The fourth-order valence-corrected chi connectivity index (χ4v) is 3.17. The Morgan fingerprint density at radius 3 is 2.55 bits per heavy atom. The first-order chi connectivity index (χ1) is 9.40. The molecule has 0 saturated heterocycles. The standard InChI is InChI=1S/C13H22N2O4S/c1-8(6-12(17)18)5-11(16)15-13(19)14-9-3-4-10(7-9)20-2/h8-10H,3-7H2,1-2H3,(H,17,18)(H2,14,15,16,19). The number of thioether (sulfide) groups is 1. The summed E-state index contributed by atoms with van der Waals surface area (Å²) in [7, 11) is 0. The summed E-state index contributed by atoms with van der Waals surface area (Å²) in [6.45, 7) is 1.67. The highest BCUT2D eigenvalue weighted by Gasteiger charge is 2.25. The summed E-state index contributed by atoms with van der Waals surface area (Å²) in [6, 6.07) is -0.360. The fraction of sp³-hybridized carbons (Fsp3) is 0.769. The topological polar surface area (TPSA) is 95.5 Å². The first-order valence-electron chi connectivity index (χ1n) is 6.75. The first kappa shape index (κ1) is 16.8. The number of urea groups is 1. The molecular formula is C13H22N2O4S. The predicted molar refractivity (Wildman–Crippen MR) is 77.7 cm³/mol. The molecular weight excluding hydrogens is 280 g/mol. The van der Waals surface area contributed by atoms with Gasteiger partial charge in [0.1, 0.15) is 0 Å². The number of carboxylic acid groups (broad SMARTS) is 1. The van der Waals surface area contributed by atoms with Crippen molar-refractivity contribution < 1.29 is 19.5 Å². The van der Waals surface area contributed by atoms with E-state index in [-0.39, 0.29) is 24.8 Å². The van der Waals surface area contributed by atoms with Gasteiger partial charge in [-0.25, -0.2) is 4.79 Å². The van der Waals surface area contributed by atoms with Crippen molar-refractivity contribution >= 4 is 29.7 Å². The molecule has 0 heterocycles. The third-order valence-corrected chi connectivity index (χ3v) is 4.46. The average Bonchev–Trinajstić information content (AvgIpc) is 2.74. The summed E-state index contributed by atoms with van der Waals surface area (Å²) in [5, 5.41) is 14.2. The zero-order valence-corrected chi connectivity index (χ0v) is 12.7. The number of carbonyl (C=O) groups is 3. The maximum Gasteiger partial charge on any atom is 0.321 e. The van der Waals surface area contributed by atoms with Gasteiger partial charge in [-0.05, 0) is 31.4 Å². The van der Waals surface area contributed by atoms with Gasteiger partial charge in [0, 0.05) is 24.1 Å². The van der Waals surface area contributed by atoms with Gasteiger partial charge in [-0.3, -0.25) is 14.9 Å². The minimum absolute atomic E-state index is 0.0395. The van der Waals surface area contributed by atoms with Gasteiger partial charge in [0.2, 0.25) is 5.91 Å². The Hall–Kier alpha value is -1.24. The van der Waals surface area contributed by atoms with E-state index in [9.17, 15) is 14.4 Å². The van der Waals surface area contributed by atoms with E-state index in [1.807, 2.05) is 0 Å². The highest BCUT2D eigenvalue weighted by Crippen LogP contribution is 2.27. The van der Waals surface area contributed by atoms with Gasteiger partial charge in [-0.2, -0.15) is 11.8 Å². The zero-order valence-electron chi connectivity index (χ0n) is 11.8. The molecule has 0 spiro atoms. The number of carbonyl (C=O) groups excluding carboxylic acids is 2. The van der Waals surface area contributed by atoms with Crippen molar-refractivity contribution in [1.82, 2.24) is 10.6 Å². The van der Waals surface area contributed by atoms with Crippen molar-refractivity contribution in [3.8, 4) is 0 Å². The predicted octanol–water partition coefficient (Wildman–Crippen LogP) is 1.60. The van der Waals surface area contributed by atoms with Gasteiger partial charge in [0.15, 0.2) is 0 Å². The number of hydrogen-bond donors (Lipinski definition) is 3. The lowest BCUT2D eigenvalue weighted by Gasteiger charge is -2.14. The van der Waals surface area contributed by atoms with E-state index in [2.05, 4.69) is 16.9 Å². The summed E-state index contributed by atoms with van der Waals surface area (Å²) in [4.78, 5) is 33.7. The summed E-state index contributed by atoms with van der Waals surface area (Å²) < 4.78 is 0. The minimum Gasteiger partial charge on any atom is -0.481 e. The molecule has 1 fully saturated rings. The van der Waals surface area contributed by atoms with Crippen LogP contribution in [0.5, 0.6) is 0 Å². The van der Waals surface area contributed by atoms with Gasteiger partial charge in [-0.1, -0.05) is 6.92 Å². The van der Waals surface area contributed by atoms with Crippen LogP contribution < -0.4 is 10.6 Å². The highest BCUT2D eigenvalue weighted by atomic mass is 32.2. The molecule has 114 valence electrons. The Balaban J connectivity index is 2.25. The Kier molecular flexibility index (Phi) is 6.84. The second-order valence-electron chi connectivity index (χ2n) is 5.30. The molecule has 7 heteroatoms. The molecule has 3 atom stereocenters. The quantitative estimate of drug-likeness (QED) is 0.692. The number of hydrogen-bond acceptors (Lipinski definition) is 4. The number of carboxylic acids is 1. The summed E-state index contributed by atoms with van der Waals surface area (Å²) in [5.41, 5.74) is 0. The van der Waals surface area contributed by atoms with E-state index in [1.54, 1.807) is 18.7 Å². The van der Waals surface area contributed by atoms with Crippen LogP contribution in [0.1, 0.15) is 39.0 Å². The maximum absolute atomic E-state index is 11.6. The molecule has 0 aromatic heterocycles. The third kappa shape index (κ3) is 6.27. The first-order valence-corrected chi connectivity index (χ1v) is 8.04. The van der Waals surface area contributed by atoms with Crippen molar-refractivity contribution in [2.75, 3.05) is 6.26 Å². The van der Waals surface area contributed by atoms with Crippen molar-refractivity contribution in [1.29, 1.82) is 0 Å². The van der Waals surface area contributed by atoms with Crippen LogP contribution in [-0.4, -0.2) is 40.6 Å². The van der Waals surface area contributed by atoms with Crippen LogP contribution in [0.3, 0.4) is 0 Å². The molecule has 3 unspecified atom stereocenters. The van der Waals surface area contributed by atoms with Crippen LogP contribution in [0.15, 0.2) is 0 Å². The van der Waals surface area contributed by atoms with E-state index < -0.39 is 17.9 Å². The van der Waals surface area contributed by atoms with Crippen molar-refractivity contribution in [2.45, 2.75) is 50.3 Å². The van der Waals surface area contributed by atoms with Crippen molar-refractivity contribution in [3.05, 3.63) is 0 Å². The maximum atomic E-state index is 11.6. The summed E-state index contributed by atoms with van der Waals surface area (Å²) in [5.74, 6) is -1.66. The van der Waals surface area contributed by atoms with Crippen LogP contribution in [0.4, 0.5) is 4.79 Å². The van der Waals surface area contributed by atoms with E-state index >= 15 is 0 Å². The fourth-order valence-electron chi connectivity index (χ4n) is 2.37. The summed E-state index contributed by atoms with van der Waals surface area (Å²) in [6.07, 6.45) is 4.96. The normalized spacial score (nSPS) is 23.1. The van der Waals surface area contributed by atoms with Gasteiger partial charge < -0.3 is 10.4 Å². The van der Waals surface area contributed by atoms with Crippen molar-refractivity contribution in [3.63, 3.8) is 0 Å². The molecule has 1 aliphatic rings. The van der Waals surface area contributed by atoms with E-state index in [1.165, 1.54) is 0 Å². The van der Waals surface area contributed by atoms with Crippen LogP contribution in [0.25, 0.3) is 0 Å². The molecule has 0 aromatic carbocycles. The second-order valence-corrected chi connectivity index (χ2v) is 6.43. The molecule has 0 radical (unpaired) electrons. The van der Waals surface area contributed by atoms with E-state index in [0.717, 1.165) is 19.3 Å². The average molecular weight is 302 g/mol. The number of aliphatic carboxylic acids is 1. The summed E-state index contributed by atoms with van der Waals surface area (Å²) >= 11 is 1.80. The molecule has 0 aromatic rings. The van der Waals surface area contributed by atoms with Crippen molar-refractivity contribution in [2.24, 2.45) is 5.92 Å².